The summed E-state index contributed by atoms with van der Waals surface area (Å²) < 4.78 is 12.1. The SMILES string of the molecule is C=C[C@]1(OC)[C@H](C(C)C)O[C@H](CC(C)C)[C@@H]1NC. The van der Waals surface area contributed by atoms with Crippen LogP contribution in [0.4, 0.5) is 0 Å². The quantitative estimate of drug-likeness (QED) is 0.740. The molecule has 106 valence electrons. The second kappa shape index (κ2) is 6.18. The first-order valence-electron chi connectivity index (χ1n) is 6.94. The largest absolute Gasteiger partial charge is 0.370 e. The van der Waals surface area contributed by atoms with Crippen LogP contribution < -0.4 is 5.32 Å². The van der Waals surface area contributed by atoms with Gasteiger partial charge in [0.25, 0.3) is 0 Å². The number of nitrogens with one attached hydrogen (secondary N) is 1. The van der Waals surface area contributed by atoms with E-state index in [1.807, 2.05) is 13.1 Å². The summed E-state index contributed by atoms with van der Waals surface area (Å²) >= 11 is 0. The van der Waals surface area contributed by atoms with Crippen LogP contribution in [-0.4, -0.2) is 38.0 Å². The highest BCUT2D eigenvalue weighted by atomic mass is 16.6. The smallest absolute Gasteiger partial charge is 0.130 e. The molecule has 0 saturated carbocycles. The molecule has 3 nitrogen and oxygen atoms in total. The van der Waals surface area contributed by atoms with Crippen LogP contribution in [0, 0.1) is 11.8 Å². The molecule has 0 amide bonds. The molecule has 0 bridgehead atoms. The highest BCUT2D eigenvalue weighted by Crippen LogP contribution is 2.40. The Morgan fingerprint density at radius 3 is 2.33 bits per heavy atom. The number of rotatable bonds is 6. The molecule has 0 aromatic heterocycles. The molecule has 1 aliphatic rings. The fourth-order valence-electron chi connectivity index (χ4n) is 3.16. The molecule has 1 saturated heterocycles. The Morgan fingerprint density at radius 1 is 1.39 bits per heavy atom. The summed E-state index contributed by atoms with van der Waals surface area (Å²) in [6.45, 7) is 12.8. The Balaban J connectivity index is 3.05. The molecule has 4 atom stereocenters. The average Bonchev–Trinajstić information content (AvgIpc) is 2.62. The van der Waals surface area contributed by atoms with Crippen LogP contribution in [0.2, 0.25) is 0 Å². The van der Waals surface area contributed by atoms with E-state index in [2.05, 4.69) is 39.6 Å². The second-order valence-electron chi connectivity index (χ2n) is 6.00. The predicted octanol–water partition coefficient (Wildman–Crippen LogP) is 2.62. The highest BCUT2D eigenvalue weighted by Gasteiger charge is 2.55. The Hall–Kier alpha value is -0.380. The van der Waals surface area contributed by atoms with Gasteiger partial charge in [0.05, 0.1) is 18.2 Å². The van der Waals surface area contributed by atoms with E-state index in [-0.39, 0.29) is 18.2 Å². The van der Waals surface area contributed by atoms with E-state index in [0.29, 0.717) is 11.8 Å². The zero-order valence-corrected chi connectivity index (χ0v) is 12.7. The zero-order chi connectivity index (χ0) is 13.9. The number of hydrogen-bond acceptors (Lipinski definition) is 3. The summed E-state index contributed by atoms with van der Waals surface area (Å²) in [5.74, 6) is 1.01. The Morgan fingerprint density at radius 2 is 2.00 bits per heavy atom. The third-order valence-electron chi connectivity index (χ3n) is 3.92. The van der Waals surface area contributed by atoms with Crippen LogP contribution in [0.3, 0.4) is 0 Å². The number of likely N-dealkylation sites (N-methyl/N-ethyl adjacent to an activating group) is 1. The first-order valence-corrected chi connectivity index (χ1v) is 6.94. The first kappa shape index (κ1) is 15.7. The van der Waals surface area contributed by atoms with Gasteiger partial charge in [0.1, 0.15) is 5.60 Å². The molecule has 3 heteroatoms. The van der Waals surface area contributed by atoms with Gasteiger partial charge in [-0.25, -0.2) is 0 Å². The number of methoxy groups -OCH3 is 1. The minimum Gasteiger partial charge on any atom is -0.370 e. The third kappa shape index (κ3) is 2.63. The Bertz CT molecular complexity index is 278. The molecule has 0 spiro atoms. The summed E-state index contributed by atoms with van der Waals surface area (Å²) in [5, 5.41) is 3.38. The van der Waals surface area contributed by atoms with Gasteiger partial charge in [-0.2, -0.15) is 0 Å². The molecule has 0 unspecified atom stereocenters. The summed E-state index contributed by atoms with van der Waals surface area (Å²) in [5.41, 5.74) is -0.428. The van der Waals surface area contributed by atoms with E-state index in [1.54, 1.807) is 7.11 Å². The van der Waals surface area contributed by atoms with E-state index < -0.39 is 5.60 Å². The topological polar surface area (TPSA) is 30.5 Å². The third-order valence-corrected chi connectivity index (χ3v) is 3.92. The summed E-state index contributed by atoms with van der Waals surface area (Å²) in [6, 6.07) is 0.162. The van der Waals surface area contributed by atoms with Crippen molar-refractivity contribution in [2.45, 2.75) is 58.0 Å². The maximum atomic E-state index is 6.28. The Kier molecular flexibility index (Phi) is 5.38. The van der Waals surface area contributed by atoms with Gasteiger partial charge in [0.2, 0.25) is 0 Å². The van der Waals surface area contributed by atoms with Crippen molar-refractivity contribution < 1.29 is 9.47 Å². The van der Waals surface area contributed by atoms with Gasteiger partial charge in [-0.1, -0.05) is 33.8 Å². The summed E-state index contributed by atoms with van der Waals surface area (Å²) in [4.78, 5) is 0. The van der Waals surface area contributed by atoms with Gasteiger partial charge >= 0.3 is 0 Å². The summed E-state index contributed by atoms with van der Waals surface area (Å²) in [7, 11) is 3.73. The highest BCUT2D eigenvalue weighted by molar-refractivity contribution is 5.17. The van der Waals surface area contributed by atoms with Gasteiger partial charge in [-0.15, -0.1) is 6.58 Å². The first-order chi connectivity index (χ1) is 8.42. The maximum absolute atomic E-state index is 6.28. The fourth-order valence-corrected chi connectivity index (χ4v) is 3.16. The van der Waals surface area contributed by atoms with Crippen LogP contribution in [0.5, 0.6) is 0 Å². The molecular formula is C15H29NO2. The fraction of sp³-hybridized carbons (Fsp3) is 0.867. The number of hydrogen-bond donors (Lipinski definition) is 1. The summed E-state index contributed by atoms with van der Waals surface area (Å²) in [6.07, 6.45) is 3.19. The molecule has 18 heavy (non-hydrogen) atoms. The molecule has 1 aliphatic heterocycles. The monoisotopic (exact) mass is 255 g/mol. The van der Waals surface area contributed by atoms with Crippen LogP contribution in [-0.2, 0) is 9.47 Å². The molecule has 0 aliphatic carbocycles. The lowest BCUT2D eigenvalue weighted by Gasteiger charge is -2.36. The molecule has 1 fully saturated rings. The van der Waals surface area contributed by atoms with Crippen molar-refractivity contribution in [1.29, 1.82) is 0 Å². The van der Waals surface area contributed by atoms with E-state index in [0.717, 1.165) is 6.42 Å². The van der Waals surface area contributed by atoms with Gasteiger partial charge in [0.15, 0.2) is 0 Å². The van der Waals surface area contributed by atoms with Crippen molar-refractivity contribution in [3.05, 3.63) is 12.7 Å². The van der Waals surface area contributed by atoms with Crippen molar-refractivity contribution in [2.75, 3.05) is 14.2 Å². The minimum atomic E-state index is -0.428. The van der Waals surface area contributed by atoms with E-state index >= 15 is 0 Å². The van der Waals surface area contributed by atoms with E-state index in [9.17, 15) is 0 Å². The van der Waals surface area contributed by atoms with Crippen LogP contribution in [0.1, 0.15) is 34.1 Å². The van der Waals surface area contributed by atoms with Crippen molar-refractivity contribution in [1.82, 2.24) is 5.32 Å². The molecule has 1 N–H and O–H groups in total. The van der Waals surface area contributed by atoms with Gasteiger partial charge < -0.3 is 14.8 Å². The lowest BCUT2D eigenvalue weighted by molar-refractivity contribution is -0.0699. The van der Waals surface area contributed by atoms with Gasteiger partial charge in [0, 0.05) is 7.11 Å². The Labute approximate surface area is 112 Å². The predicted molar refractivity (Wildman–Crippen MR) is 75.7 cm³/mol. The second-order valence-corrected chi connectivity index (χ2v) is 6.00. The van der Waals surface area contributed by atoms with Crippen LogP contribution in [0.15, 0.2) is 12.7 Å². The standard InChI is InChI=1S/C15H29NO2/c1-8-15(17-7)13(16-6)12(9-10(2)3)18-14(15)11(4)5/h8,10-14,16H,1,9H2,2-7H3/t12-,13+,14+,15-/m1/s1. The van der Waals surface area contributed by atoms with Crippen molar-refractivity contribution in [3.8, 4) is 0 Å². The normalized spacial score (nSPS) is 36.6. The van der Waals surface area contributed by atoms with Gasteiger partial charge in [-0.3, -0.25) is 0 Å². The molecular weight excluding hydrogens is 226 g/mol. The molecule has 0 aromatic rings. The van der Waals surface area contributed by atoms with Crippen molar-refractivity contribution in [2.24, 2.45) is 11.8 Å². The molecule has 0 radical (unpaired) electrons. The van der Waals surface area contributed by atoms with Crippen LogP contribution in [0.25, 0.3) is 0 Å². The average molecular weight is 255 g/mol. The van der Waals surface area contributed by atoms with E-state index in [4.69, 9.17) is 9.47 Å². The van der Waals surface area contributed by atoms with Crippen LogP contribution >= 0.6 is 0 Å². The lowest BCUT2D eigenvalue weighted by Crippen LogP contribution is -2.55. The number of ether oxygens (including phenoxy) is 2. The molecule has 0 aromatic carbocycles. The van der Waals surface area contributed by atoms with E-state index in [1.165, 1.54) is 0 Å². The minimum absolute atomic E-state index is 0.0567. The van der Waals surface area contributed by atoms with Crippen molar-refractivity contribution >= 4 is 0 Å². The molecule has 1 heterocycles. The zero-order valence-electron chi connectivity index (χ0n) is 12.7. The van der Waals surface area contributed by atoms with Gasteiger partial charge in [-0.05, 0) is 25.3 Å². The molecule has 1 rings (SSSR count). The lowest BCUT2D eigenvalue weighted by atomic mass is 9.82. The maximum Gasteiger partial charge on any atom is 0.130 e. The van der Waals surface area contributed by atoms with Crippen molar-refractivity contribution in [3.63, 3.8) is 0 Å².